The Balaban J connectivity index is 1.34. The number of hydrogen-bond donors (Lipinski definition) is 2. The summed E-state index contributed by atoms with van der Waals surface area (Å²) >= 11 is 0. The van der Waals surface area contributed by atoms with Gasteiger partial charge in [0.25, 0.3) is 0 Å². The fraction of sp³-hybridized carbons (Fsp3) is 0.0577. The molecule has 8 aromatic rings. The number of aromatic nitrogens is 5. The molecule has 0 radical (unpaired) electrons. The predicted molar refractivity (Wildman–Crippen MR) is 238 cm³/mol. The van der Waals surface area contributed by atoms with E-state index in [1.165, 1.54) is 16.7 Å². The first kappa shape index (κ1) is 34.1. The van der Waals surface area contributed by atoms with Crippen LogP contribution in [0.15, 0.2) is 146 Å². The van der Waals surface area contributed by atoms with Crippen LogP contribution in [0.25, 0.3) is 102 Å². The first-order chi connectivity index (χ1) is 27.9. The van der Waals surface area contributed by atoms with Gasteiger partial charge in [0.1, 0.15) is 0 Å². The van der Waals surface area contributed by atoms with E-state index in [0.717, 1.165) is 101 Å². The topological polar surface area (TPSA) is 70.2 Å². The van der Waals surface area contributed by atoms with Gasteiger partial charge in [-0.15, -0.1) is 0 Å². The quantitative estimate of drug-likeness (QED) is 0.185. The van der Waals surface area contributed by atoms with Crippen LogP contribution in [0.3, 0.4) is 0 Å². The number of H-pyrrole nitrogens is 2. The zero-order valence-corrected chi connectivity index (χ0v) is 32.0. The van der Waals surface area contributed by atoms with Crippen LogP contribution in [0, 0.1) is 20.8 Å². The summed E-state index contributed by atoms with van der Waals surface area (Å²) in [6, 6.07) is 49.5. The Kier molecular flexibility index (Phi) is 8.41. The molecule has 4 aromatic carbocycles. The molecule has 57 heavy (non-hydrogen) atoms. The fourth-order valence-electron chi connectivity index (χ4n) is 7.92. The van der Waals surface area contributed by atoms with Gasteiger partial charge in [-0.25, -0.2) is 9.97 Å². The minimum absolute atomic E-state index is 0.880. The first-order valence-electron chi connectivity index (χ1n) is 19.3. The Morgan fingerprint density at radius 3 is 0.965 bits per heavy atom. The molecule has 0 saturated carbocycles. The third-order valence-electron chi connectivity index (χ3n) is 10.9. The third-order valence-corrected chi connectivity index (χ3v) is 10.9. The fourth-order valence-corrected chi connectivity index (χ4v) is 7.92. The van der Waals surface area contributed by atoms with Crippen molar-refractivity contribution in [1.82, 2.24) is 24.9 Å². The normalized spacial score (nSPS) is 12.0. The van der Waals surface area contributed by atoms with E-state index in [-0.39, 0.29) is 0 Å². The molecule has 0 unspecified atom stereocenters. The van der Waals surface area contributed by atoms with Gasteiger partial charge in [0.05, 0.1) is 28.5 Å². The van der Waals surface area contributed by atoms with Crippen LogP contribution in [0.1, 0.15) is 39.5 Å². The zero-order chi connectivity index (χ0) is 38.5. The van der Waals surface area contributed by atoms with Crippen molar-refractivity contribution in [2.45, 2.75) is 20.8 Å². The van der Waals surface area contributed by atoms with Crippen LogP contribution in [-0.2, 0) is 0 Å². The lowest BCUT2D eigenvalue weighted by molar-refractivity contribution is 1.31. The number of hydrogen-bond acceptors (Lipinski definition) is 3. The van der Waals surface area contributed by atoms with E-state index in [2.05, 4.69) is 181 Å². The van der Waals surface area contributed by atoms with Crippen molar-refractivity contribution in [3.8, 4) is 55.8 Å². The highest BCUT2D eigenvalue weighted by molar-refractivity contribution is 6.00. The van der Waals surface area contributed by atoms with Gasteiger partial charge < -0.3 is 9.97 Å². The van der Waals surface area contributed by atoms with Gasteiger partial charge in [-0.05, 0) is 104 Å². The maximum Gasteiger partial charge on any atom is 0.0737 e. The molecule has 0 atom stereocenters. The van der Waals surface area contributed by atoms with Gasteiger partial charge in [0.15, 0.2) is 0 Å². The second-order valence-corrected chi connectivity index (χ2v) is 14.9. The summed E-state index contributed by atoms with van der Waals surface area (Å²) < 4.78 is 0. The summed E-state index contributed by atoms with van der Waals surface area (Å²) in [4.78, 5) is 23.2. The third kappa shape index (κ3) is 6.39. The second-order valence-electron chi connectivity index (χ2n) is 14.9. The van der Waals surface area contributed by atoms with Crippen molar-refractivity contribution in [2.75, 3.05) is 0 Å². The SMILES string of the molecule is Cc1ccc(-c2c3nc(c(-c4ccc(C)cc4)c4ccc([nH]4)c(-c4ccc(-c5ccccn5)cc4)c4nc(c(-c5ccc(C)cc5)c5ccc2[nH]5)C=C4)C=C3)cc1. The Labute approximate surface area is 331 Å². The van der Waals surface area contributed by atoms with Crippen molar-refractivity contribution in [3.05, 3.63) is 185 Å². The molecule has 2 N–H and O–H groups in total. The molecule has 6 heterocycles. The molecule has 10 rings (SSSR count). The monoisotopic (exact) mass is 733 g/mol. The largest absolute Gasteiger partial charge is 0.354 e. The molecular weight excluding hydrogens is 695 g/mol. The Morgan fingerprint density at radius 1 is 0.333 bits per heavy atom. The molecule has 0 fully saturated rings. The van der Waals surface area contributed by atoms with Gasteiger partial charge in [-0.2, -0.15) is 0 Å². The van der Waals surface area contributed by atoms with Gasteiger partial charge in [0, 0.05) is 56.1 Å². The molecular formula is C52H39N5. The molecule has 0 amide bonds. The molecule has 5 nitrogen and oxygen atoms in total. The summed E-state index contributed by atoms with van der Waals surface area (Å²) in [5.74, 6) is 0. The average molecular weight is 734 g/mol. The van der Waals surface area contributed by atoms with Gasteiger partial charge in [-0.3, -0.25) is 4.98 Å². The van der Waals surface area contributed by atoms with Crippen molar-refractivity contribution in [2.24, 2.45) is 0 Å². The summed E-state index contributed by atoms with van der Waals surface area (Å²) in [5, 5.41) is 0. The number of aromatic amines is 2. The molecule has 0 spiro atoms. The van der Waals surface area contributed by atoms with E-state index in [1.54, 1.807) is 0 Å². The van der Waals surface area contributed by atoms with Gasteiger partial charge in [0.2, 0.25) is 0 Å². The van der Waals surface area contributed by atoms with Crippen molar-refractivity contribution < 1.29 is 0 Å². The van der Waals surface area contributed by atoms with E-state index in [4.69, 9.17) is 9.97 Å². The summed E-state index contributed by atoms with van der Waals surface area (Å²) in [5.41, 5.74) is 21.5. The van der Waals surface area contributed by atoms with Gasteiger partial charge >= 0.3 is 0 Å². The molecule has 4 aromatic heterocycles. The maximum atomic E-state index is 5.46. The minimum atomic E-state index is 0.880. The highest BCUT2D eigenvalue weighted by Gasteiger charge is 2.19. The lowest BCUT2D eigenvalue weighted by Gasteiger charge is -2.08. The van der Waals surface area contributed by atoms with Crippen LogP contribution in [0.2, 0.25) is 0 Å². The Hall–Kier alpha value is -7.37. The highest BCUT2D eigenvalue weighted by Crippen LogP contribution is 2.39. The van der Waals surface area contributed by atoms with E-state index >= 15 is 0 Å². The van der Waals surface area contributed by atoms with E-state index < -0.39 is 0 Å². The molecule has 0 saturated heterocycles. The number of rotatable bonds is 5. The van der Waals surface area contributed by atoms with Crippen LogP contribution in [0.5, 0.6) is 0 Å². The smallest absolute Gasteiger partial charge is 0.0737 e. The molecule has 2 aliphatic rings. The van der Waals surface area contributed by atoms with Crippen molar-refractivity contribution in [1.29, 1.82) is 0 Å². The van der Waals surface area contributed by atoms with E-state index in [0.29, 0.717) is 0 Å². The average Bonchev–Trinajstić information content (AvgIpc) is 4.09. The van der Waals surface area contributed by atoms with Crippen LogP contribution >= 0.6 is 0 Å². The number of benzene rings is 4. The van der Waals surface area contributed by atoms with E-state index in [9.17, 15) is 0 Å². The standard InChI is InChI=1S/C52H39N5/c1-32-7-13-36(14-8-32)49-41-23-25-43(54-41)50(37-15-9-33(2)10-16-37)45-27-29-47(56-45)52(39-21-19-35(20-22-39)40-6-4-5-31-53-40)48-30-28-46(57-48)51(44-26-24-42(49)55-44)38-17-11-34(3)12-18-38/h4-31,54,57H,1-3H3. The van der Waals surface area contributed by atoms with Crippen LogP contribution in [0.4, 0.5) is 0 Å². The number of pyridine rings is 1. The van der Waals surface area contributed by atoms with E-state index in [1.807, 2.05) is 24.4 Å². The molecule has 8 bridgehead atoms. The first-order valence-corrected chi connectivity index (χ1v) is 19.3. The lowest BCUT2D eigenvalue weighted by atomic mass is 10.0. The Morgan fingerprint density at radius 2 is 0.649 bits per heavy atom. The second kappa shape index (κ2) is 14.0. The summed E-state index contributed by atoms with van der Waals surface area (Å²) in [6.07, 6.45) is 10.4. The maximum absolute atomic E-state index is 5.46. The molecule has 5 heteroatoms. The predicted octanol–water partition coefficient (Wildman–Crippen LogP) is 13.3. The van der Waals surface area contributed by atoms with Crippen molar-refractivity contribution >= 4 is 46.4 Å². The number of fused-ring (bicyclic) bond motifs is 8. The molecule has 2 aliphatic heterocycles. The summed E-state index contributed by atoms with van der Waals surface area (Å²) in [7, 11) is 0. The Bertz CT molecular complexity index is 2990. The zero-order valence-electron chi connectivity index (χ0n) is 32.0. The molecule has 0 aliphatic carbocycles. The van der Waals surface area contributed by atoms with Crippen molar-refractivity contribution in [3.63, 3.8) is 0 Å². The van der Waals surface area contributed by atoms with Crippen LogP contribution < -0.4 is 0 Å². The lowest BCUT2D eigenvalue weighted by Crippen LogP contribution is -1.90. The molecule has 272 valence electrons. The highest BCUT2D eigenvalue weighted by atomic mass is 14.8. The van der Waals surface area contributed by atoms with Crippen LogP contribution in [-0.4, -0.2) is 24.9 Å². The number of nitrogens with zero attached hydrogens (tertiary/aromatic N) is 3. The number of nitrogens with one attached hydrogen (secondary N) is 2. The number of aryl methyl sites for hydroxylation is 3. The summed E-state index contributed by atoms with van der Waals surface area (Å²) in [6.45, 7) is 6.36. The minimum Gasteiger partial charge on any atom is -0.354 e. The van der Waals surface area contributed by atoms with Gasteiger partial charge in [-0.1, -0.05) is 120 Å².